The van der Waals surface area contributed by atoms with Crippen molar-refractivity contribution in [2.24, 2.45) is 0 Å². The van der Waals surface area contributed by atoms with Gasteiger partial charge in [0.1, 0.15) is 11.2 Å². The van der Waals surface area contributed by atoms with Gasteiger partial charge in [0.25, 0.3) is 0 Å². The Morgan fingerprint density at radius 1 is 1.28 bits per heavy atom. The van der Waals surface area contributed by atoms with Crippen LogP contribution in [0.3, 0.4) is 0 Å². The number of nitro benzene ring substituents is 1. The third-order valence-electron chi connectivity index (χ3n) is 3.14. The third kappa shape index (κ3) is 3.91. The summed E-state index contributed by atoms with van der Waals surface area (Å²) in [6, 6.07) is 3.05. The normalized spacial score (nSPS) is 10.2. The van der Waals surface area contributed by atoms with E-state index < -0.39 is 22.4 Å². The quantitative estimate of drug-likeness (QED) is 0.193. The highest BCUT2D eigenvalue weighted by Crippen LogP contribution is 2.32. The Kier molecular flexibility index (Phi) is 5.66. The number of carbonyl (C=O) groups is 2. The molecule has 0 aliphatic rings. The van der Waals surface area contributed by atoms with Gasteiger partial charge in [-0.05, 0) is 26.0 Å². The molecule has 0 amide bonds. The fourth-order valence-corrected chi connectivity index (χ4v) is 2.07. The summed E-state index contributed by atoms with van der Waals surface area (Å²) in [5, 5.41) is 20.8. The number of esters is 2. The molecule has 2 rings (SSSR count). The number of hydrogen-bond acceptors (Lipinski definition) is 8. The van der Waals surface area contributed by atoms with Crippen LogP contribution in [-0.4, -0.2) is 40.3 Å². The molecule has 0 aliphatic carbocycles. The first kappa shape index (κ1) is 17.9. The van der Waals surface area contributed by atoms with Crippen molar-refractivity contribution in [1.82, 2.24) is 10.2 Å². The molecule has 2 N–H and O–H groups in total. The van der Waals surface area contributed by atoms with Crippen LogP contribution in [0.5, 0.6) is 0 Å². The summed E-state index contributed by atoms with van der Waals surface area (Å²) in [7, 11) is 0. The number of rotatable bonds is 7. The number of benzene rings is 1. The van der Waals surface area contributed by atoms with E-state index >= 15 is 0 Å². The molecule has 1 aromatic heterocycles. The summed E-state index contributed by atoms with van der Waals surface area (Å²) in [5.41, 5.74) is -0.369. The summed E-state index contributed by atoms with van der Waals surface area (Å²) in [6.45, 7) is 3.31. The summed E-state index contributed by atoms with van der Waals surface area (Å²) >= 11 is 0. The lowest BCUT2D eigenvalue weighted by atomic mass is 10.2. The first-order chi connectivity index (χ1) is 12.0. The van der Waals surface area contributed by atoms with Crippen molar-refractivity contribution < 1.29 is 24.0 Å². The van der Waals surface area contributed by atoms with E-state index in [1.807, 2.05) is 0 Å². The highest BCUT2D eigenvalue weighted by Gasteiger charge is 2.23. The van der Waals surface area contributed by atoms with E-state index in [0.29, 0.717) is 5.39 Å². The molecule has 0 saturated carbocycles. The van der Waals surface area contributed by atoms with Crippen molar-refractivity contribution in [3.05, 3.63) is 40.2 Å². The largest absolute Gasteiger partial charge is 0.462 e. The highest BCUT2D eigenvalue weighted by molar-refractivity contribution is 6.14. The number of H-pyrrole nitrogens is 1. The molecule has 25 heavy (non-hydrogen) atoms. The van der Waals surface area contributed by atoms with Crippen molar-refractivity contribution in [3.8, 4) is 0 Å². The van der Waals surface area contributed by atoms with Crippen LogP contribution in [0.1, 0.15) is 13.8 Å². The lowest BCUT2D eigenvalue weighted by Gasteiger charge is -2.08. The molecule has 10 heteroatoms. The number of nitrogens with zero attached hydrogens (tertiary/aromatic N) is 2. The molecule has 0 radical (unpaired) electrons. The number of aromatic nitrogens is 2. The minimum atomic E-state index is -0.890. The maximum Gasteiger partial charge on any atom is 0.347 e. The number of aromatic amines is 1. The monoisotopic (exact) mass is 348 g/mol. The molecule has 132 valence electrons. The minimum Gasteiger partial charge on any atom is -0.462 e. The lowest BCUT2D eigenvalue weighted by molar-refractivity contribution is -0.382. The predicted octanol–water partition coefficient (Wildman–Crippen LogP) is 1.89. The molecule has 0 atom stereocenters. The van der Waals surface area contributed by atoms with Crippen LogP contribution in [0, 0.1) is 10.1 Å². The molecule has 0 fully saturated rings. The predicted molar refractivity (Wildman–Crippen MR) is 87.7 cm³/mol. The number of hydrogen-bond donors (Lipinski definition) is 2. The van der Waals surface area contributed by atoms with Gasteiger partial charge in [0.2, 0.25) is 0 Å². The number of nitrogens with one attached hydrogen (secondary N) is 2. The summed E-state index contributed by atoms with van der Waals surface area (Å²) in [4.78, 5) is 34.6. The van der Waals surface area contributed by atoms with Gasteiger partial charge in [0.05, 0.1) is 24.3 Å². The summed E-state index contributed by atoms with van der Waals surface area (Å²) in [6.07, 6.45) is 2.48. The van der Waals surface area contributed by atoms with Crippen LogP contribution in [0.15, 0.2) is 30.1 Å². The molecule has 0 saturated heterocycles. The maximum atomic E-state index is 11.9. The highest BCUT2D eigenvalue weighted by atomic mass is 16.6. The topological polar surface area (TPSA) is 136 Å². The third-order valence-corrected chi connectivity index (χ3v) is 3.14. The molecular formula is C15H16N4O6. The van der Waals surface area contributed by atoms with E-state index in [0.717, 1.165) is 6.20 Å². The van der Waals surface area contributed by atoms with E-state index in [1.165, 1.54) is 12.3 Å². The number of anilines is 1. The number of carbonyl (C=O) groups excluding carboxylic acids is 2. The molecule has 1 heterocycles. The second-order valence-corrected chi connectivity index (χ2v) is 4.70. The second-order valence-electron chi connectivity index (χ2n) is 4.70. The molecule has 0 unspecified atom stereocenters. The van der Waals surface area contributed by atoms with Crippen molar-refractivity contribution in [1.29, 1.82) is 0 Å². The van der Waals surface area contributed by atoms with Gasteiger partial charge in [-0.15, -0.1) is 0 Å². The molecule has 0 aliphatic heterocycles. The standard InChI is InChI=1S/C15H16N4O6/c1-3-24-14(20)10(15(21)25-4-2)8-16-11-6-5-9-7-17-18-12(9)13(11)19(22)23/h5-8,16H,3-4H2,1-2H3,(H,17,18). The van der Waals surface area contributed by atoms with Crippen molar-refractivity contribution in [3.63, 3.8) is 0 Å². The fourth-order valence-electron chi connectivity index (χ4n) is 2.07. The lowest BCUT2D eigenvalue weighted by Crippen LogP contribution is -2.19. The SMILES string of the molecule is CCOC(=O)C(=CNc1ccc2cn[nH]c2c1[N+](=O)[O-])C(=O)OCC. The van der Waals surface area contributed by atoms with Crippen LogP contribution in [0.2, 0.25) is 0 Å². The Bertz CT molecular complexity index is 822. The summed E-state index contributed by atoms with van der Waals surface area (Å²) in [5.74, 6) is -1.78. The Labute approximate surface area is 141 Å². The fraction of sp³-hybridized carbons (Fsp3) is 0.267. The average Bonchev–Trinajstić information content (AvgIpc) is 3.03. The van der Waals surface area contributed by atoms with Gasteiger partial charge in [0.15, 0.2) is 5.57 Å². The number of nitro groups is 1. The molecule has 2 aromatic rings. The Balaban J connectivity index is 2.41. The zero-order chi connectivity index (χ0) is 18.4. The average molecular weight is 348 g/mol. The summed E-state index contributed by atoms with van der Waals surface area (Å²) < 4.78 is 9.59. The van der Waals surface area contributed by atoms with Gasteiger partial charge in [-0.1, -0.05) is 0 Å². The van der Waals surface area contributed by atoms with Crippen molar-refractivity contribution in [2.75, 3.05) is 18.5 Å². The van der Waals surface area contributed by atoms with Gasteiger partial charge in [0, 0.05) is 11.6 Å². The Morgan fingerprint density at radius 2 is 1.92 bits per heavy atom. The van der Waals surface area contributed by atoms with E-state index in [9.17, 15) is 19.7 Å². The van der Waals surface area contributed by atoms with Gasteiger partial charge < -0.3 is 14.8 Å². The van der Waals surface area contributed by atoms with E-state index in [1.54, 1.807) is 19.9 Å². The van der Waals surface area contributed by atoms with E-state index in [2.05, 4.69) is 15.5 Å². The molecule has 10 nitrogen and oxygen atoms in total. The smallest absolute Gasteiger partial charge is 0.347 e. The molecular weight excluding hydrogens is 332 g/mol. The molecule has 0 bridgehead atoms. The maximum absolute atomic E-state index is 11.9. The van der Waals surface area contributed by atoms with Crippen molar-refractivity contribution >= 4 is 34.2 Å². The van der Waals surface area contributed by atoms with Crippen LogP contribution >= 0.6 is 0 Å². The Hall–Kier alpha value is -3.43. The van der Waals surface area contributed by atoms with Gasteiger partial charge in [-0.3, -0.25) is 15.2 Å². The zero-order valence-electron chi connectivity index (χ0n) is 13.6. The minimum absolute atomic E-state index is 0.0653. The van der Waals surface area contributed by atoms with Crippen LogP contribution < -0.4 is 5.32 Å². The van der Waals surface area contributed by atoms with E-state index in [4.69, 9.17) is 9.47 Å². The Morgan fingerprint density at radius 3 is 2.48 bits per heavy atom. The molecule has 0 spiro atoms. The van der Waals surface area contributed by atoms with Gasteiger partial charge in [-0.25, -0.2) is 9.59 Å². The van der Waals surface area contributed by atoms with Gasteiger partial charge in [-0.2, -0.15) is 5.10 Å². The van der Waals surface area contributed by atoms with Crippen LogP contribution in [0.4, 0.5) is 11.4 Å². The number of ether oxygens (including phenoxy) is 2. The first-order valence-corrected chi connectivity index (χ1v) is 7.41. The molecule has 1 aromatic carbocycles. The first-order valence-electron chi connectivity index (χ1n) is 7.41. The van der Waals surface area contributed by atoms with Crippen LogP contribution in [-0.2, 0) is 19.1 Å². The van der Waals surface area contributed by atoms with E-state index in [-0.39, 0.29) is 30.1 Å². The van der Waals surface area contributed by atoms with Crippen LogP contribution in [0.25, 0.3) is 10.9 Å². The second kappa shape index (κ2) is 7.90. The zero-order valence-corrected chi connectivity index (χ0v) is 13.6. The van der Waals surface area contributed by atoms with Gasteiger partial charge >= 0.3 is 17.6 Å². The van der Waals surface area contributed by atoms with Crippen molar-refractivity contribution in [2.45, 2.75) is 13.8 Å². The number of fused-ring (bicyclic) bond motifs is 1.